The van der Waals surface area contributed by atoms with Gasteiger partial charge in [-0.25, -0.2) is 0 Å². The minimum atomic E-state index is -0.412. The highest BCUT2D eigenvalue weighted by Gasteiger charge is 2.47. The molecule has 116 valence electrons. The second-order valence-electron chi connectivity index (χ2n) is 5.34. The lowest BCUT2D eigenvalue weighted by Crippen LogP contribution is -2.24. The molecule has 0 saturated carbocycles. The van der Waals surface area contributed by atoms with Gasteiger partial charge in [-0.15, -0.1) is 23.5 Å². The lowest BCUT2D eigenvalue weighted by molar-refractivity contribution is 0.100. The van der Waals surface area contributed by atoms with Crippen molar-refractivity contribution in [3.8, 4) is 11.1 Å². The molecule has 1 fully saturated rings. The first-order chi connectivity index (χ1) is 11.1. The van der Waals surface area contributed by atoms with Crippen molar-refractivity contribution < 1.29 is 4.79 Å². The summed E-state index contributed by atoms with van der Waals surface area (Å²) in [6.07, 6.45) is 3.73. The summed E-state index contributed by atoms with van der Waals surface area (Å²) >= 11 is 3.82. The van der Waals surface area contributed by atoms with Gasteiger partial charge in [0.2, 0.25) is 0 Å². The van der Waals surface area contributed by atoms with Crippen LogP contribution >= 0.6 is 23.5 Å². The second kappa shape index (κ2) is 5.28. The predicted octanol–water partition coefficient (Wildman–Crippen LogP) is 2.16. The number of carbonyl (C=O) groups excluding carboxylic acids is 1. The Morgan fingerprint density at radius 3 is 2.65 bits per heavy atom. The average Bonchev–Trinajstić information content (AvgIpc) is 3.13. The molecule has 4 rings (SSSR count). The van der Waals surface area contributed by atoms with Crippen LogP contribution in [0.2, 0.25) is 0 Å². The van der Waals surface area contributed by atoms with Crippen molar-refractivity contribution in [2.24, 2.45) is 16.5 Å². The molecule has 2 aliphatic rings. The fourth-order valence-electron chi connectivity index (χ4n) is 3.13. The topological polar surface area (TPSA) is 94.4 Å². The number of hydrogen-bond donors (Lipinski definition) is 2. The Hall–Kier alpha value is -1.99. The van der Waals surface area contributed by atoms with E-state index < -0.39 is 5.91 Å². The lowest BCUT2D eigenvalue weighted by Gasteiger charge is -2.24. The molecule has 1 saturated heterocycles. The van der Waals surface area contributed by atoms with Crippen LogP contribution in [0.1, 0.15) is 21.5 Å². The van der Waals surface area contributed by atoms with E-state index in [4.69, 9.17) is 11.5 Å². The van der Waals surface area contributed by atoms with Crippen LogP contribution in [0.25, 0.3) is 11.1 Å². The third-order valence-electron chi connectivity index (χ3n) is 4.01. The summed E-state index contributed by atoms with van der Waals surface area (Å²) in [7, 11) is 0. The van der Waals surface area contributed by atoms with E-state index in [-0.39, 0.29) is 10.0 Å². The summed E-state index contributed by atoms with van der Waals surface area (Å²) in [4.78, 5) is 20.1. The van der Waals surface area contributed by atoms with Crippen LogP contribution < -0.4 is 11.5 Å². The first-order valence-corrected chi connectivity index (χ1v) is 9.10. The van der Waals surface area contributed by atoms with Crippen LogP contribution in [-0.4, -0.2) is 28.4 Å². The highest BCUT2D eigenvalue weighted by atomic mass is 32.2. The number of nitrogens with two attached hydrogens (primary N) is 2. The van der Waals surface area contributed by atoms with Crippen molar-refractivity contribution in [2.45, 2.75) is 4.08 Å². The molecule has 2 heterocycles. The summed E-state index contributed by atoms with van der Waals surface area (Å²) < 4.78 is -0.151. The number of amides is 1. The molecular formula is C16H14N4OS2. The van der Waals surface area contributed by atoms with Crippen molar-refractivity contribution in [3.63, 3.8) is 0 Å². The molecule has 0 unspecified atom stereocenters. The first-order valence-electron chi connectivity index (χ1n) is 7.13. The SMILES string of the molecule is NC(N)=NC(=O)c1ccc2c(c1)C1(SCCS1)c1ccncc1-2. The molecule has 2 aromatic rings. The summed E-state index contributed by atoms with van der Waals surface area (Å²) in [6, 6.07) is 7.75. The molecule has 0 radical (unpaired) electrons. The largest absolute Gasteiger partial charge is 0.370 e. The Morgan fingerprint density at radius 1 is 1.13 bits per heavy atom. The molecule has 1 aliphatic heterocycles. The third kappa shape index (κ3) is 2.14. The number of guanidine groups is 1. The molecule has 1 aromatic carbocycles. The van der Waals surface area contributed by atoms with Gasteiger partial charge in [0, 0.05) is 35.0 Å². The van der Waals surface area contributed by atoms with Crippen molar-refractivity contribution >= 4 is 35.4 Å². The zero-order valence-corrected chi connectivity index (χ0v) is 13.8. The second-order valence-corrected chi connectivity index (χ2v) is 8.21. The van der Waals surface area contributed by atoms with Gasteiger partial charge in [0.05, 0.1) is 0 Å². The van der Waals surface area contributed by atoms with Gasteiger partial charge in [0.15, 0.2) is 5.96 Å². The molecule has 23 heavy (non-hydrogen) atoms. The van der Waals surface area contributed by atoms with Gasteiger partial charge in [-0.1, -0.05) is 6.07 Å². The van der Waals surface area contributed by atoms with Gasteiger partial charge in [-0.3, -0.25) is 9.78 Å². The van der Waals surface area contributed by atoms with E-state index in [0.717, 1.165) is 28.2 Å². The summed E-state index contributed by atoms with van der Waals surface area (Å²) in [6.45, 7) is 0. The number of fused-ring (bicyclic) bond motifs is 5. The van der Waals surface area contributed by atoms with Crippen LogP contribution in [0.5, 0.6) is 0 Å². The fourth-order valence-corrected chi connectivity index (χ4v) is 6.52. The number of carbonyl (C=O) groups is 1. The Bertz CT molecular complexity index is 840. The maximum absolute atomic E-state index is 12.2. The third-order valence-corrected chi connectivity index (χ3v) is 7.49. The maximum Gasteiger partial charge on any atom is 0.280 e. The number of nitrogens with zero attached hydrogens (tertiary/aromatic N) is 2. The van der Waals surface area contributed by atoms with Crippen LogP contribution in [0, 0.1) is 0 Å². The van der Waals surface area contributed by atoms with Crippen molar-refractivity contribution in [1.29, 1.82) is 0 Å². The van der Waals surface area contributed by atoms with Crippen molar-refractivity contribution in [2.75, 3.05) is 11.5 Å². The number of thioether (sulfide) groups is 2. The van der Waals surface area contributed by atoms with Gasteiger partial charge in [-0.2, -0.15) is 4.99 Å². The van der Waals surface area contributed by atoms with Crippen molar-refractivity contribution in [3.05, 3.63) is 53.3 Å². The van der Waals surface area contributed by atoms with Crippen LogP contribution in [0.4, 0.5) is 0 Å². The van der Waals surface area contributed by atoms with Gasteiger partial charge in [-0.05, 0) is 34.9 Å². The highest BCUT2D eigenvalue weighted by molar-refractivity contribution is 8.20. The minimum Gasteiger partial charge on any atom is -0.370 e. The normalized spacial score (nSPS) is 16.9. The minimum absolute atomic E-state index is 0.151. The number of benzene rings is 1. The molecule has 4 N–H and O–H groups in total. The standard InChI is InChI=1S/C16H14N4OS2/c17-15(18)20-14(21)9-1-2-10-11-8-19-4-3-12(11)16(13(10)7-9)22-5-6-23-16/h1-4,7-8H,5-6H2,(H4,17,18,20,21). The molecule has 1 spiro atoms. The van der Waals surface area contributed by atoms with Crippen molar-refractivity contribution in [1.82, 2.24) is 4.98 Å². The van der Waals surface area contributed by atoms with E-state index >= 15 is 0 Å². The molecular weight excluding hydrogens is 328 g/mol. The smallest absolute Gasteiger partial charge is 0.280 e. The number of rotatable bonds is 1. The quantitative estimate of drug-likeness (QED) is 0.609. The molecule has 1 aromatic heterocycles. The Labute approximate surface area is 142 Å². The first kappa shape index (κ1) is 14.6. The number of aromatic nitrogens is 1. The Balaban J connectivity index is 1.90. The summed E-state index contributed by atoms with van der Waals surface area (Å²) in [5.74, 6) is 1.53. The van der Waals surface area contributed by atoms with Gasteiger partial charge < -0.3 is 11.5 Å². The zero-order chi connectivity index (χ0) is 16.0. The Morgan fingerprint density at radius 2 is 1.91 bits per heavy atom. The molecule has 1 amide bonds. The van der Waals surface area contributed by atoms with Gasteiger partial charge in [0.1, 0.15) is 4.08 Å². The van der Waals surface area contributed by atoms with Gasteiger partial charge >= 0.3 is 0 Å². The molecule has 7 heteroatoms. The zero-order valence-electron chi connectivity index (χ0n) is 12.2. The van der Waals surface area contributed by atoms with E-state index in [2.05, 4.69) is 16.0 Å². The Kier molecular flexibility index (Phi) is 3.35. The molecule has 1 aliphatic carbocycles. The molecule has 0 atom stereocenters. The number of pyridine rings is 1. The van der Waals surface area contributed by atoms with Crippen LogP contribution in [0.3, 0.4) is 0 Å². The van der Waals surface area contributed by atoms with Crippen LogP contribution in [-0.2, 0) is 4.08 Å². The summed E-state index contributed by atoms with van der Waals surface area (Å²) in [5.41, 5.74) is 15.8. The monoisotopic (exact) mass is 342 g/mol. The fraction of sp³-hybridized carbons (Fsp3) is 0.188. The highest BCUT2D eigenvalue weighted by Crippen LogP contribution is 2.63. The van der Waals surface area contributed by atoms with Gasteiger partial charge in [0.25, 0.3) is 5.91 Å². The van der Waals surface area contributed by atoms with E-state index in [9.17, 15) is 4.79 Å². The van der Waals surface area contributed by atoms with E-state index in [1.165, 1.54) is 5.56 Å². The molecule has 5 nitrogen and oxygen atoms in total. The summed E-state index contributed by atoms with van der Waals surface area (Å²) in [5, 5.41) is 0. The molecule has 0 bridgehead atoms. The van der Waals surface area contributed by atoms with E-state index in [1.807, 2.05) is 48.1 Å². The van der Waals surface area contributed by atoms with E-state index in [1.54, 1.807) is 6.07 Å². The average molecular weight is 342 g/mol. The lowest BCUT2D eigenvalue weighted by atomic mass is 10.0. The predicted molar refractivity (Wildman–Crippen MR) is 95.5 cm³/mol. The van der Waals surface area contributed by atoms with Crippen LogP contribution in [0.15, 0.2) is 41.7 Å². The number of aliphatic imine (C=N–C) groups is 1. The van der Waals surface area contributed by atoms with E-state index in [0.29, 0.717) is 5.56 Å². The number of hydrogen-bond acceptors (Lipinski definition) is 4. The maximum atomic E-state index is 12.2.